The van der Waals surface area contributed by atoms with Crippen molar-refractivity contribution >= 4 is 18.6 Å². The molecule has 1 aliphatic rings. The summed E-state index contributed by atoms with van der Waals surface area (Å²) in [5, 5.41) is 0. The van der Waals surface area contributed by atoms with Crippen LogP contribution in [0.2, 0.25) is 0 Å². The van der Waals surface area contributed by atoms with Gasteiger partial charge in [-0.1, -0.05) is 0 Å². The molecule has 0 aromatic heterocycles. The zero-order chi connectivity index (χ0) is 10.8. The second kappa shape index (κ2) is 4.23. The number of hydrogen-bond acceptors (Lipinski definition) is 3. The lowest BCUT2D eigenvalue weighted by atomic mass is 10.2. The van der Waals surface area contributed by atoms with E-state index in [1.807, 2.05) is 0 Å². The van der Waals surface area contributed by atoms with Crippen LogP contribution in [0.1, 0.15) is 23.2 Å². The number of benzene rings is 1. The molecule has 0 radical (unpaired) electrons. The second-order valence-corrected chi connectivity index (χ2v) is 4.22. The van der Waals surface area contributed by atoms with Crippen molar-refractivity contribution in [3.63, 3.8) is 0 Å². The molecule has 0 amide bonds. The van der Waals surface area contributed by atoms with Gasteiger partial charge in [0.2, 0.25) is 0 Å². The van der Waals surface area contributed by atoms with Gasteiger partial charge < -0.3 is 4.74 Å². The number of thiol groups is 1. The Morgan fingerprint density at radius 1 is 1.53 bits per heavy atom. The Balaban J connectivity index is 2.05. The summed E-state index contributed by atoms with van der Waals surface area (Å²) in [5.41, 5.74) is -0.0387. The van der Waals surface area contributed by atoms with Crippen LogP contribution in [0.15, 0.2) is 23.1 Å². The van der Waals surface area contributed by atoms with Crippen LogP contribution in [0.3, 0.4) is 0 Å². The highest BCUT2D eigenvalue weighted by atomic mass is 32.1. The van der Waals surface area contributed by atoms with E-state index in [-0.39, 0.29) is 5.56 Å². The largest absolute Gasteiger partial charge is 0.462 e. The molecule has 1 aliphatic carbocycles. The molecule has 0 bridgehead atoms. The summed E-state index contributed by atoms with van der Waals surface area (Å²) in [6.45, 7) is 0.398. The van der Waals surface area contributed by atoms with Gasteiger partial charge in [-0.05, 0) is 37.0 Å². The Morgan fingerprint density at radius 2 is 2.27 bits per heavy atom. The molecule has 1 aromatic rings. The Labute approximate surface area is 92.8 Å². The standard InChI is InChI=1S/C11H11FO2S/c12-10-4-3-8(15)5-9(10)11(13)14-6-7-1-2-7/h3-5,7,15H,1-2,6H2. The predicted molar refractivity (Wildman–Crippen MR) is 56.7 cm³/mol. The van der Waals surface area contributed by atoms with Gasteiger partial charge >= 0.3 is 5.97 Å². The first kappa shape index (κ1) is 10.5. The van der Waals surface area contributed by atoms with Gasteiger partial charge in [0.1, 0.15) is 5.82 Å². The molecule has 1 saturated carbocycles. The fourth-order valence-electron chi connectivity index (χ4n) is 1.23. The molecule has 80 valence electrons. The Bertz CT molecular complexity index is 388. The average Bonchev–Trinajstić information content (AvgIpc) is 3.02. The average molecular weight is 226 g/mol. The highest BCUT2D eigenvalue weighted by molar-refractivity contribution is 7.80. The number of ether oxygens (including phenoxy) is 1. The van der Waals surface area contributed by atoms with E-state index in [0.29, 0.717) is 17.4 Å². The van der Waals surface area contributed by atoms with E-state index in [1.165, 1.54) is 18.2 Å². The SMILES string of the molecule is O=C(OCC1CC1)c1cc(S)ccc1F. The first-order valence-electron chi connectivity index (χ1n) is 4.82. The predicted octanol–water partition coefficient (Wildman–Crippen LogP) is 2.68. The fraction of sp³-hybridized carbons (Fsp3) is 0.364. The smallest absolute Gasteiger partial charge is 0.341 e. The number of hydrogen-bond donors (Lipinski definition) is 1. The monoisotopic (exact) mass is 226 g/mol. The molecule has 0 unspecified atom stereocenters. The maximum Gasteiger partial charge on any atom is 0.341 e. The topological polar surface area (TPSA) is 26.3 Å². The summed E-state index contributed by atoms with van der Waals surface area (Å²) in [6.07, 6.45) is 2.20. The zero-order valence-corrected chi connectivity index (χ0v) is 8.97. The Kier molecular flexibility index (Phi) is 2.95. The van der Waals surface area contributed by atoms with Gasteiger partial charge in [0.25, 0.3) is 0 Å². The van der Waals surface area contributed by atoms with Crippen molar-refractivity contribution in [1.82, 2.24) is 0 Å². The molecule has 1 fully saturated rings. The summed E-state index contributed by atoms with van der Waals surface area (Å²) in [6, 6.07) is 4.10. The number of carbonyl (C=O) groups is 1. The van der Waals surface area contributed by atoms with E-state index >= 15 is 0 Å². The number of halogens is 1. The van der Waals surface area contributed by atoms with Crippen molar-refractivity contribution in [3.05, 3.63) is 29.6 Å². The van der Waals surface area contributed by atoms with Crippen LogP contribution >= 0.6 is 12.6 Å². The van der Waals surface area contributed by atoms with E-state index < -0.39 is 11.8 Å². The molecular weight excluding hydrogens is 215 g/mol. The van der Waals surface area contributed by atoms with Crippen molar-refractivity contribution in [2.24, 2.45) is 5.92 Å². The third kappa shape index (κ3) is 2.72. The summed E-state index contributed by atoms with van der Waals surface area (Å²) < 4.78 is 18.2. The highest BCUT2D eigenvalue weighted by Gasteiger charge is 2.24. The van der Waals surface area contributed by atoms with Crippen LogP contribution in [0, 0.1) is 11.7 Å². The minimum Gasteiger partial charge on any atom is -0.462 e. The van der Waals surface area contributed by atoms with Gasteiger partial charge in [0.05, 0.1) is 12.2 Å². The molecule has 0 spiro atoms. The summed E-state index contributed by atoms with van der Waals surface area (Å²) in [7, 11) is 0. The maximum absolute atomic E-state index is 13.2. The number of esters is 1. The van der Waals surface area contributed by atoms with Crippen molar-refractivity contribution in [2.75, 3.05) is 6.61 Å². The van der Waals surface area contributed by atoms with Crippen LogP contribution in [-0.2, 0) is 4.74 Å². The lowest BCUT2D eigenvalue weighted by Crippen LogP contribution is -2.09. The van der Waals surface area contributed by atoms with Crippen molar-refractivity contribution in [1.29, 1.82) is 0 Å². The Hall–Kier alpha value is -1.03. The van der Waals surface area contributed by atoms with E-state index in [1.54, 1.807) is 0 Å². The number of carbonyl (C=O) groups excluding carboxylic acids is 1. The molecule has 0 atom stereocenters. The zero-order valence-electron chi connectivity index (χ0n) is 8.07. The molecule has 0 saturated heterocycles. The first-order chi connectivity index (χ1) is 7.16. The van der Waals surface area contributed by atoms with Gasteiger partial charge in [-0.25, -0.2) is 9.18 Å². The number of rotatable bonds is 3. The van der Waals surface area contributed by atoms with Crippen molar-refractivity contribution in [2.45, 2.75) is 17.7 Å². The van der Waals surface area contributed by atoms with E-state index in [4.69, 9.17) is 4.74 Å². The van der Waals surface area contributed by atoms with E-state index in [2.05, 4.69) is 12.6 Å². The molecule has 1 aromatic carbocycles. The molecule has 0 aliphatic heterocycles. The molecule has 0 N–H and O–H groups in total. The second-order valence-electron chi connectivity index (χ2n) is 3.71. The molecule has 2 rings (SSSR count). The van der Waals surface area contributed by atoms with Gasteiger partial charge in [0, 0.05) is 4.90 Å². The summed E-state index contributed by atoms with van der Waals surface area (Å²) in [5.74, 6) is -0.680. The summed E-state index contributed by atoms with van der Waals surface area (Å²) in [4.78, 5) is 12.0. The maximum atomic E-state index is 13.2. The first-order valence-corrected chi connectivity index (χ1v) is 5.27. The minimum absolute atomic E-state index is 0.0387. The highest BCUT2D eigenvalue weighted by Crippen LogP contribution is 2.29. The quantitative estimate of drug-likeness (QED) is 0.633. The lowest BCUT2D eigenvalue weighted by Gasteiger charge is -2.05. The lowest BCUT2D eigenvalue weighted by molar-refractivity contribution is 0.0480. The third-order valence-electron chi connectivity index (χ3n) is 2.32. The molecular formula is C11H11FO2S. The van der Waals surface area contributed by atoms with Gasteiger partial charge in [-0.15, -0.1) is 12.6 Å². The molecule has 15 heavy (non-hydrogen) atoms. The third-order valence-corrected chi connectivity index (χ3v) is 2.60. The van der Waals surface area contributed by atoms with E-state index in [0.717, 1.165) is 12.8 Å². The molecule has 2 nitrogen and oxygen atoms in total. The van der Waals surface area contributed by atoms with Crippen LogP contribution in [-0.4, -0.2) is 12.6 Å². The molecule has 0 heterocycles. The minimum atomic E-state index is -0.602. The van der Waals surface area contributed by atoms with Crippen LogP contribution < -0.4 is 0 Å². The van der Waals surface area contributed by atoms with Crippen LogP contribution in [0.5, 0.6) is 0 Å². The van der Waals surface area contributed by atoms with E-state index in [9.17, 15) is 9.18 Å². The normalized spacial score (nSPS) is 15.1. The van der Waals surface area contributed by atoms with Crippen molar-refractivity contribution in [3.8, 4) is 0 Å². The van der Waals surface area contributed by atoms with Crippen molar-refractivity contribution < 1.29 is 13.9 Å². The summed E-state index contributed by atoms with van der Waals surface area (Å²) >= 11 is 4.04. The fourth-order valence-corrected chi connectivity index (χ4v) is 1.43. The van der Waals surface area contributed by atoms with Gasteiger partial charge in [-0.2, -0.15) is 0 Å². The van der Waals surface area contributed by atoms with Crippen LogP contribution in [0.25, 0.3) is 0 Å². The van der Waals surface area contributed by atoms with Gasteiger partial charge in [0.15, 0.2) is 0 Å². The molecule has 4 heteroatoms. The van der Waals surface area contributed by atoms with Gasteiger partial charge in [-0.3, -0.25) is 0 Å². The van der Waals surface area contributed by atoms with Crippen LogP contribution in [0.4, 0.5) is 4.39 Å². The Morgan fingerprint density at radius 3 is 2.93 bits per heavy atom.